The van der Waals surface area contributed by atoms with Gasteiger partial charge in [0.15, 0.2) is 0 Å². The lowest BCUT2D eigenvalue weighted by molar-refractivity contribution is 1.40. The van der Waals surface area contributed by atoms with Crippen LogP contribution in [0.1, 0.15) is 5.30 Å². The standard InChI is InChI=1S/C6H7PS/c1-5-6(8)3-2-4-7-5/h2-4,8H,1H3. The first-order valence-electron chi connectivity index (χ1n) is 2.41. The molecule has 0 bridgehead atoms. The SMILES string of the molecule is Cc1pcccc1S. The van der Waals surface area contributed by atoms with Crippen LogP contribution in [0.15, 0.2) is 22.8 Å². The predicted molar refractivity (Wildman–Crippen MR) is 40.9 cm³/mol. The number of thiol groups is 1. The second-order valence-corrected chi connectivity index (χ2v) is 3.32. The van der Waals surface area contributed by atoms with Crippen LogP contribution in [0.4, 0.5) is 0 Å². The van der Waals surface area contributed by atoms with Crippen LogP contribution in [0.3, 0.4) is 0 Å². The van der Waals surface area contributed by atoms with Crippen molar-refractivity contribution in [2.75, 3.05) is 0 Å². The van der Waals surface area contributed by atoms with Crippen molar-refractivity contribution in [3.63, 3.8) is 0 Å². The lowest BCUT2D eigenvalue weighted by Crippen LogP contribution is -1.64. The third kappa shape index (κ3) is 1.24. The van der Waals surface area contributed by atoms with E-state index in [1.807, 2.05) is 12.1 Å². The molecule has 8 heavy (non-hydrogen) atoms. The maximum Gasteiger partial charge on any atom is 0.0115 e. The van der Waals surface area contributed by atoms with Crippen molar-refractivity contribution in [3.8, 4) is 0 Å². The average Bonchev–Trinajstić information content (AvgIpc) is 1.77. The van der Waals surface area contributed by atoms with E-state index in [0.717, 1.165) is 4.90 Å². The van der Waals surface area contributed by atoms with E-state index in [1.165, 1.54) is 13.5 Å². The van der Waals surface area contributed by atoms with Crippen LogP contribution in [0.25, 0.3) is 0 Å². The topological polar surface area (TPSA) is 0 Å². The molecule has 1 heterocycles. The summed E-state index contributed by atoms with van der Waals surface area (Å²) in [6.45, 7) is 2.09. The van der Waals surface area contributed by atoms with Gasteiger partial charge in [0.2, 0.25) is 0 Å². The molecule has 0 radical (unpaired) electrons. The molecular formula is C6H7PS. The van der Waals surface area contributed by atoms with Gasteiger partial charge in [-0.1, -0.05) is 14.3 Å². The number of hydrogen-bond donors (Lipinski definition) is 1. The molecule has 1 aromatic heterocycles. The lowest BCUT2D eigenvalue weighted by atomic mass is 10.5. The number of hydrogen-bond acceptors (Lipinski definition) is 1. The molecule has 0 fully saturated rings. The van der Waals surface area contributed by atoms with E-state index in [9.17, 15) is 0 Å². The van der Waals surface area contributed by atoms with E-state index in [2.05, 4.69) is 25.4 Å². The minimum atomic E-state index is 1.11. The molecule has 0 atom stereocenters. The van der Waals surface area contributed by atoms with E-state index in [1.54, 1.807) is 0 Å². The Kier molecular flexibility index (Phi) is 1.93. The third-order valence-electron chi connectivity index (χ3n) is 0.979. The van der Waals surface area contributed by atoms with Gasteiger partial charge in [-0.25, -0.2) is 0 Å². The van der Waals surface area contributed by atoms with Crippen LogP contribution >= 0.6 is 20.8 Å². The normalized spacial score (nSPS) is 10.2. The molecule has 0 aliphatic heterocycles. The summed E-state index contributed by atoms with van der Waals surface area (Å²) < 4.78 is 0. The first-order valence-corrected chi connectivity index (χ1v) is 3.82. The minimum Gasteiger partial charge on any atom is -0.143 e. The van der Waals surface area contributed by atoms with Gasteiger partial charge in [-0.3, -0.25) is 0 Å². The molecule has 0 saturated heterocycles. The molecular weight excluding hydrogens is 135 g/mol. The van der Waals surface area contributed by atoms with Gasteiger partial charge in [0.1, 0.15) is 0 Å². The summed E-state index contributed by atoms with van der Waals surface area (Å²) in [4.78, 5) is 1.11. The molecule has 1 rings (SSSR count). The lowest BCUT2D eigenvalue weighted by Gasteiger charge is -1.91. The van der Waals surface area contributed by atoms with Crippen LogP contribution < -0.4 is 0 Å². The van der Waals surface area contributed by atoms with E-state index < -0.39 is 0 Å². The molecule has 0 nitrogen and oxygen atoms in total. The van der Waals surface area contributed by atoms with Crippen LogP contribution in [0.2, 0.25) is 0 Å². The Labute approximate surface area is 56.4 Å². The monoisotopic (exact) mass is 142 g/mol. The van der Waals surface area contributed by atoms with Crippen LogP contribution in [0.5, 0.6) is 0 Å². The maximum atomic E-state index is 4.22. The molecule has 0 aliphatic rings. The van der Waals surface area contributed by atoms with E-state index in [-0.39, 0.29) is 0 Å². The Balaban J connectivity index is 3.13. The molecule has 0 amide bonds. The molecule has 0 N–H and O–H groups in total. The highest BCUT2D eigenvalue weighted by atomic mass is 32.1. The second kappa shape index (κ2) is 2.52. The van der Waals surface area contributed by atoms with Crippen LogP contribution in [-0.4, -0.2) is 0 Å². The Hall–Kier alpha value is -0.0000000000000000555. The molecule has 0 spiro atoms. The van der Waals surface area contributed by atoms with Crippen LogP contribution in [0, 0.1) is 6.92 Å². The largest absolute Gasteiger partial charge is 0.143 e. The molecule has 1 aromatic rings. The minimum absolute atomic E-state index is 1.11. The Morgan fingerprint density at radius 3 is 2.75 bits per heavy atom. The summed E-state index contributed by atoms with van der Waals surface area (Å²) in [5.41, 5.74) is 0. The number of rotatable bonds is 0. The highest BCUT2D eigenvalue weighted by Gasteiger charge is 1.85. The molecule has 2 heteroatoms. The summed E-state index contributed by atoms with van der Waals surface area (Å²) in [5.74, 6) is 2.11. The van der Waals surface area contributed by atoms with E-state index >= 15 is 0 Å². The summed E-state index contributed by atoms with van der Waals surface area (Å²) in [6, 6.07) is 4.03. The summed E-state index contributed by atoms with van der Waals surface area (Å²) >= 11 is 4.22. The second-order valence-electron chi connectivity index (χ2n) is 1.61. The zero-order chi connectivity index (χ0) is 5.98. The average molecular weight is 142 g/mol. The highest BCUT2D eigenvalue weighted by Crippen LogP contribution is 2.19. The fourth-order valence-electron chi connectivity index (χ4n) is 0.476. The van der Waals surface area contributed by atoms with E-state index in [4.69, 9.17) is 0 Å². The van der Waals surface area contributed by atoms with Crippen molar-refractivity contribution in [2.24, 2.45) is 0 Å². The Morgan fingerprint density at radius 1 is 1.62 bits per heavy atom. The summed E-state index contributed by atoms with van der Waals surface area (Å²) in [5, 5.41) is 1.33. The molecule has 0 saturated carbocycles. The summed E-state index contributed by atoms with van der Waals surface area (Å²) in [6.07, 6.45) is 0. The summed E-state index contributed by atoms with van der Waals surface area (Å²) in [7, 11) is 1.28. The maximum absolute atomic E-state index is 4.22. The molecule has 0 aromatic carbocycles. The van der Waals surface area contributed by atoms with Gasteiger partial charge in [-0.2, -0.15) is 0 Å². The van der Waals surface area contributed by atoms with Gasteiger partial charge in [0.05, 0.1) is 0 Å². The van der Waals surface area contributed by atoms with Gasteiger partial charge < -0.3 is 0 Å². The van der Waals surface area contributed by atoms with Gasteiger partial charge in [0.25, 0.3) is 0 Å². The van der Waals surface area contributed by atoms with Crippen molar-refractivity contribution >= 4 is 20.8 Å². The predicted octanol–water partition coefficient (Wildman–Crippen LogP) is 2.86. The van der Waals surface area contributed by atoms with Crippen molar-refractivity contribution in [1.82, 2.24) is 0 Å². The zero-order valence-electron chi connectivity index (χ0n) is 4.63. The Bertz CT molecular complexity index is 165. The van der Waals surface area contributed by atoms with Crippen molar-refractivity contribution < 1.29 is 0 Å². The number of aryl methyl sites for hydroxylation is 1. The highest BCUT2D eigenvalue weighted by molar-refractivity contribution is 7.80. The Morgan fingerprint density at radius 2 is 2.38 bits per heavy atom. The van der Waals surface area contributed by atoms with Crippen LogP contribution in [-0.2, 0) is 0 Å². The van der Waals surface area contributed by atoms with Crippen molar-refractivity contribution in [3.05, 3.63) is 23.2 Å². The third-order valence-corrected chi connectivity index (χ3v) is 2.59. The quantitative estimate of drug-likeness (QED) is 0.529. The first-order chi connectivity index (χ1) is 3.80. The van der Waals surface area contributed by atoms with Gasteiger partial charge >= 0.3 is 0 Å². The van der Waals surface area contributed by atoms with Crippen molar-refractivity contribution in [1.29, 1.82) is 0 Å². The molecule has 0 unspecified atom stereocenters. The van der Waals surface area contributed by atoms with Gasteiger partial charge in [-0.05, 0) is 24.1 Å². The molecule has 0 aliphatic carbocycles. The van der Waals surface area contributed by atoms with Crippen molar-refractivity contribution in [2.45, 2.75) is 11.8 Å². The molecule has 42 valence electrons. The fraction of sp³-hybridized carbons (Fsp3) is 0.167. The fourth-order valence-corrected chi connectivity index (χ4v) is 1.34. The van der Waals surface area contributed by atoms with Gasteiger partial charge in [0, 0.05) is 4.90 Å². The van der Waals surface area contributed by atoms with Gasteiger partial charge in [-0.15, -0.1) is 12.6 Å². The zero-order valence-corrected chi connectivity index (χ0v) is 6.42. The smallest absolute Gasteiger partial charge is 0.0115 e. The first kappa shape index (κ1) is 6.12. The van der Waals surface area contributed by atoms with E-state index in [0.29, 0.717) is 0 Å².